The van der Waals surface area contributed by atoms with Gasteiger partial charge in [0.05, 0.1) is 6.10 Å². The molecular weight excluding hydrogens is 340 g/mol. The van der Waals surface area contributed by atoms with E-state index in [0.29, 0.717) is 17.1 Å². The molecule has 0 bridgehead atoms. The molecule has 3 aliphatic carbocycles. The van der Waals surface area contributed by atoms with Crippen LogP contribution in [-0.2, 0) is 9.53 Å². The summed E-state index contributed by atoms with van der Waals surface area (Å²) in [5.41, 5.74) is 3.40. The standard InChI is InChI=1S/C19H29BrO2/c1-12(2)13-5-7-18(3)9-10-19(8-6-15(19)21)17(16(13)18)14(11-20)22-4/h12,14,17H,5-11H2,1-4H3/t14?,17?,18-,19+/m1/s1. The molecule has 22 heavy (non-hydrogen) atoms. The van der Waals surface area contributed by atoms with E-state index in [2.05, 4.69) is 36.7 Å². The molecule has 4 atom stereocenters. The highest BCUT2D eigenvalue weighted by Crippen LogP contribution is 2.65. The molecule has 0 amide bonds. The molecule has 0 N–H and O–H groups in total. The van der Waals surface area contributed by atoms with Crippen LogP contribution in [0.3, 0.4) is 0 Å². The molecule has 1 spiro atoms. The highest BCUT2D eigenvalue weighted by atomic mass is 79.9. The first-order valence-electron chi connectivity index (χ1n) is 8.75. The summed E-state index contributed by atoms with van der Waals surface area (Å²) in [4.78, 5) is 12.6. The van der Waals surface area contributed by atoms with Crippen molar-refractivity contribution in [2.45, 2.75) is 65.4 Å². The summed E-state index contributed by atoms with van der Waals surface area (Å²) in [6, 6.07) is 0. The van der Waals surface area contributed by atoms with Crippen LogP contribution in [0.25, 0.3) is 0 Å². The monoisotopic (exact) mass is 368 g/mol. The van der Waals surface area contributed by atoms with Crippen molar-refractivity contribution in [2.75, 3.05) is 12.4 Å². The van der Waals surface area contributed by atoms with E-state index in [1.54, 1.807) is 18.3 Å². The number of rotatable bonds is 4. The second-order valence-corrected chi connectivity index (χ2v) is 8.79. The predicted octanol–water partition coefficient (Wildman–Crippen LogP) is 4.91. The van der Waals surface area contributed by atoms with Gasteiger partial charge in [-0.25, -0.2) is 0 Å². The van der Waals surface area contributed by atoms with Gasteiger partial charge < -0.3 is 4.74 Å². The van der Waals surface area contributed by atoms with Crippen molar-refractivity contribution in [1.82, 2.24) is 0 Å². The Labute approximate surface area is 143 Å². The van der Waals surface area contributed by atoms with Gasteiger partial charge in [0.15, 0.2) is 0 Å². The number of halogens is 1. The van der Waals surface area contributed by atoms with E-state index in [-0.39, 0.29) is 17.4 Å². The van der Waals surface area contributed by atoms with E-state index in [0.717, 1.165) is 24.6 Å². The molecule has 3 rings (SSSR count). The molecule has 0 aromatic heterocycles. The van der Waals surface area contributed by atoms with Crippen LogP contribution in [0.5, 0.6) is 0 Å². The fraction of sp³-hybridized carbons (Fsp3) is 0.842. The third kappa shape index (κ3) is 2.18. The van der Waals surface area contributed by atoms with Gasteiger partial charge in [-0.3, -0.25) is 4.79 Å². The molecule has 2 nitrogen and oxygen atoms in total. The van der Waals surface area contributed by atoms with E-state index in [1.807, 2.05) is 0 Å². The molecule has 3 aliphatic rings. The quantitative estimate of drug-likeness (QED) is 0.520. The highest BCUT2D eigenvalue weighted by molar-refractivity contribution is 9.09. The maximum absolute atomic E-state index is 12.6. The number of hydrogen-bond donors (Lipinski definition) is 0. The summed E-state index contributed by atoms with van der Waals surface area (Å²) in [5, 5.41) is 0.814. The Morgan fingerprint density at radius 3 is 2.41 bits per heavy atom. The molecular formula is C19H29BrO2. The number of alkyl halides is 1. The molecule has 0 radical (unpaired) electrons. The van der Waals surface area contributed by atoms with Crippen molar-refractivity contribution in [2.24, 2.45) is 22.7 Å². The minimum absolute atomic E-state index is 0.116. The maximum Gasteiger partial charge on any atom is 0.139 e. The van der Waals surface area contributed by atoms with Crippen molar-refractivity contribution < 1.29 is 9.53 Å². The van der Waals surface area contributed by atoms with Gasteiger partial charge >= 0.3 is 0 Å². The van der Waals surface area contributed by atoms with Crippen LogP contribution >= 0.6 is 15.9 Å². The molecule has 3 heteroatoms. The third-order valence-electron chi connectivity index (χ3n) is 6.85. The lowest BCUT2D eigenvalue weighted by atomic mass is 9.47. The lowest BCUT2D eigenvalue weighted by Crippen LogP contribution is -2.56. The topological polar surface area (TPSA) is 26.3 Å². The van der Waals surface area contributed by atoms with Gasteiger partial charge in [0.2, 0.25) is 0 Å². The van der Waals surface area contributed by atoms with Gasteiger partial charge in [0, 0.05) is 30.2 Å². The number of carbonyl (C=O) groups excluding carboxylic acids is 1. The van der Waals surface area contributed by atoms with Gasteiger partial charge in [0.1, 0.15) is 5.78 Å². The van der Waals surface area contributed by atoms with Crippen molar-refractivity contribution in [3.63, 3.8) is 0 Å². The number of ether oxygens (including phenoxy) is 1. The van der Waals surface area contributed by atoms with Crippen molar-refractivity contribution in [3.05, 3.63) is 11.1 Å². The first kappa shape index (κ1) is 16.7. The summed E-state index contributed by atoms with van der Waals surface area (Å²) in [6.45, 7) is 7.05. The fourth-order valence-corrected chi connectivity index (χ4v) is 6.04. The second kappa shape index (κ2) is 5.73. The number of ketones is 1. The maximum atomic E-state index is 12.6. The number of fused-ring (bicyclic) bond motifs is 1. The average molecular weight is 369 g/mol. The summed E-state index contributed by atoms with van der Waals surface area (Å²) in [7, 11) is 1.80. The smallest absolute Gasteiger partial charge is 0.139 e. The lowest BCUT2D eigenvalue weighted by molar-refractivity contribution is -0.151. The van der Waals surface area contributed by atoms with E-state index in [4.69, 9.17) is 4.74 Å². The SMILES string of the molecule is COC(CBr)C1C2=C(C(C)C)CC[C@]2(C)CC[C@]12CCC2=O. The number of carbonyl (C=O) groups is 1. The summed E-state index contributed by atoms with van der Waals surface area (Å²) >= 11 is 3.65. The highest BCUT2D eigenvalue weighted by Gasteiger charge is 2.61. The fourth-order valence-electron chi connectivity index (χ4n) is 5.40. The van der Waals surface area contributed by atoms with Gasteiger partial charge in [0.25, 0.3) is 0 Å². The van der Waals surface area contributed by atoms with Crippen molar-refractivity contribution in [1.29, 1.82) is 0 Å². The Balaban J connectivity index is 2.13. The molecule has 0 saturated heterocycles. The molecule has 2 saturated carbocycles. The van der Waals surface area contributed by atoms with Crippen LogP contribution in [0, 0.1) is 22.7 Å². The molecule has 0 aromatic rings. The molecule has 2 fully saturated rings. The molecule has 2 unspecified atom stereocenters. The first-order chi connectivity index (χ1) is 10.4. The minimum atomic E-state index is -0.117. The van der Waals surface area contributed by atoms with Crippen LogP contribution in [0.1, 0.15) is 59.3 Å². The van der Waals surface area contributed by atoms with Gasteiger partial charge in [-0.05, 0) is 43.4 Å². The van der Waals surface area contributed by atoms with E-state index < -0.39 is 0 Å². The zero-order chi connectivity index (χ0) is 16.1. The lowest BCUT2D eigenvalue weighted by Gasteiger charge is -2.56. The third-order valence-corrected chi connectivity index (χ3v) is 7.49. The Morgan fingerprint density at radius 2 is 1.95 bits per heavy atom. The van der Waals surface area contributed by atoms with Gasteiger partial charge in [-0.15, -0.1) is 0 Å². The van der Waals surface area contributed by atoms with Crippen molar-refractivity contribution in [3.8, 4) is 0 Å². The van der Waals surface area contributed by atoms with E-state index in [1.165, 1.54) is 19.3 Å². The van der Waals surface area contributed by atoms with Crippen LogP contribution in [0.2, 0.25) is 0 Å². The Kier molecular flexibility index (Phi) is 4.35. The van der Waals surface area contributed by atoms with Crippen LogP contribution in [-0.4, -0.2) is 24.3 Å². The van der Waals surface area contributed by atoms with Crippen LogP contribution in [0.4, 0.5) is 0 Å². The molecule has 0 heterocycles. The normalized spacial score (nSPS) is 39.4. The predicted molar refractivity (Wildman–Crippen MR) is 93.2 cm³/mol. The van der Waals surface area contributed by atoms with Gasteiger partial charge in [-0.2, -0.15) is 0 Å². The Morgan fingerprint density at radius 1 is 1.23 bits per heavy atom. The molecule has 0 aromatic carbocycles. The number of methoxy groups -OCH3 is 1. The minimum Gasteiger partial charge on any atom is -0.380 e. The van der Waals surface area contributed by atoms with E-state index >= 15 is 0 Å². The second-order valence-electron chi connectivity index (χ2n) is 8.14. The van der Waals surface area contributed by atoms with E-state index in [9.17, 15) is 4.79 Å². The zero-order valence-electron chi connectivity index (χ0n) is 14.4. The number of Topliss-reactive ketones (excluding diaryl/α,β-unsaturated/α-hetero) is 1. The number of hydrogen-bond acceptors (Lipinski definition) is 2. The number of allylic oxidation sites excluding steroid dienone is 1. The van der Waals surface area contributed by atoms with Crippen molar-refractivity contribution >= 4 is 21.7 Å². The summed E-state index contributed by atoms with van der Waals surface area (Å²) in [6.07, 6.45) is 6.67. The van der Waals surface area contributed by atoms with Crippen LogP contribution in [0.15, 0.2) is 11.1 Å². The van der Waals surface area contributed by atoms with Crippen LogP contribution < -0.4 is 0 Å². The largest absolute Gasteiger partial charge is 0.380 e. The molecule has 124 valence electrons. The molecule has 0 aliphatic heterocycles. The zero-order valence-corrected chi connectivity index (χ0v) is 16.0. The van der Waals surface area contributed by atoms with Gasteiger partial charge in [-0.1, -0.05) is 47.8 Å². The summed E-state index contributed by atoms with van der Waals surface area (Å²) in [5.74, 6) is 1.36. The Hall–Kier alpha value is -0.150. The average Bonchev–Trinajstić information content (AvgIpc) is 2.84. The Bertz CT molecular complexity index is 506. The first-order valence-corrected chi connectivity index (χ1v) is 9.87. The summed E-state index contributed by atoms with van der Waals surface area (Å²) < 4.78 is 5.87.